The van der Waals surface area contributed by atoms with Gasteiger partial charge >= 0.3 is 5.97 Å². The maximum atomic E-state index is 14.1. The molecule has 0 spiro atoms. The van der Waals surface area contributed by atoms with Crippen LogP contribution in [0.4, 0.5) is 0 Å². The highest BCUT2D eigenvalue weighted by Crippen LogP contribution is 2.47. The lowest BCUT2D eigenvalue weighted by molar-refractivity contribution is -0.136. The van der Waals surface area contributed by atoms with Crippen LogP contribution in [0.25, 0.3) is 11.0 Å². The van der Waals surface area contributed by atoms with Crippen molar-refractivity contribution in [1.29, 1.82) is 0 Å². The van der Waals surface area contributed by atoms with E-state index in [1.807, 2.05) is 28.8 Å². The van der Waals surface area contributed by atoms with Gasteiger partial charge in [-0.3, -0.25) is 14.5 Å². The zero-order chi connectivity index (χ0) is 26.2. The number of benzene rings is 1. The molecule has 2 saturated heterocycles. The van der Waals surface area contributed by atoms with Crippen LogP contribution in [-0.2, 0) is 9.63 Å². The van der Waals surface area contributed by atoms with Crippen LogP contribution < -0.4 is 5.56 Å². The number of fused-ring (bicyclic) bond motifs is 5. The zero-order valence-corrected chi connectivity index (χ0v) is 22.4. The molecule has 6 rings (SSSR count). The first-order valence-corrected chi connectivity index (χ1v) is 14.6. The molecule has 0 amide bonds. The lowest BCUT2D eigenvalue weighted by Gasteiger charge is -2.55. The van der Waals surface area contributed by atoms with Crippen molar-refractivity contribution in [3.05, 3.63) is 40.3 Å². The minimum absolute atomic E-state index is 0.0899. The number of rotatable bonds is 7. The van der Waals surface area contributed by atoms with E-state index in [0.29, 0.717) is 23.8 Å². The average molecular weight is 521 g/mol. The minimum atomic E-state index is -0.943. The predicted molar refractivity (Wildman–Crippen MR) is 146 cm³/mol. The first-order valence-electron chi connectivity index (χ1n) is 14.6. The number of aliphatic carboxylic acids is 1. The molecule has 4 bridgehead atoms. The molecule has 4 unspecified atom stereocenters. The normalized spacial score (nSPS) is 31.8. The Morgan fingerprint density at radius 3 is 2.32 bits per heavy atom. The van der Waals surface area contributed by atoms with Gasteiger partial charge in [-0.2, -0.15) is 0 Å². The lowest BCUT2D eigenvalue weighted by Crippen LogP contribution is -2.58. The van der Waals surface area contributed by atoms with Crippen molar-refractivity contribution in [3.8, 4) is 0 Å². The number of carboxylic acid groups (broad SMARTS) is 1. The topological polar surface area (TPSA) is 97.0 Å². The summed E-state index contributed by atoms with van der Waals surface area (Å²) in [5, 5.41) is 13.3. The van der Waals surface area contributed by atoms with Crippen LogP contribution >= 0.6 is 0 Å². The zero-order valence-electron chi connectivity index (χ0n) is 22.4. The predicted octanol–water partition coefficient (Wildman–Crippen LogP) is 5.14. The molecular weight excluding hydrogens is 480 g/mol. The number of carbonyl (C=O) groups is 1. The van der Waals surface area contributed by atoms with Crippen LogP contribution in [0.5, 0.6) is 0 Å². The molecule has 2 aliphatic heterocycles. The van der Waals surface area contributed by atoms with E-state index in [0.717, 1.165) is 35.7 Å². The minimum Gasteiger partial charge on any atom is -0.481 e. The summed E-state index contributed by atoms with van der Waals surface area (Å²) in [6.07, 6.45) is 14.0. The molecule has 8 nitrogen and oxygen atoms in total. The quantitative estimate of drug-likeness (QED) is 0.401. The first-order chi connectivity index (χ1) is 18.5. The van der Waals surface area contributed by atoms with E-state index < -0.39 is 5.97 Å². The smallest absolute Gasteiger partial charge is 0.303 e. The third-order valence-corrected chi connectivity index (χ3v) is 9.74. The van der Waals surface area contributed by atoms with Gasteiger partial charge in [-0.05, 0) is 68.9 Å². The highest BCUT2D eigenvalue weighted by molar-refractivity contribution is 6.00. The van der Waals surface area contributed by atoms with E-state index in [9.17, 15) is 14.7 Å². The van der Waals surface area contributed by atoms with Crippen LogP contribution in [0, 0.1) is 11.8 Å². The van der Waals surface area contributed by atoms with Crippen molar-refractivity contribution in [1.82, 2.24) is 14.5 Å². The Balaban J connectivity index is 1.35. The molecule has 2 aromatic rings. The molecule has 0 radical (unpaired) electrons. The number of aromatic nitrogens is 2. The average Bonchev–Trinajstić information content (AvgIpc) is 2.90. The Bertz CT molecular complexity index is 1250. The third kappa shape index (κ3) is 4.88. The van der Waals surface area contributed by atoms with E-state index in [1.165, 1.54) is 64.9 Å². The molecule has 38 heavy (non-hydrogen) atoms. The van der Waals surface area contributed by atoms with Crippen LogP contribution in [0.2, 0.25) is 0 Å². The second-order valence-corrected chi connectivity index (χ2v) is 12.1. The summed E-state index contributed by atoms with van der Waals surface area (Å²) >= 11 is 0. The molecular formula is C30H40N4O4. The van der Waals surface area contributed by atoms with Gasteiger partial charge in [-0.15, -0.1) is 0 Å². The summed E-state index contributed by atoms with van der Waals surface area (Å²) in [6, 6.07) is 9.62. The van der Waals surface area contributed by atoms with Crippen molar-refractivity contribution in [2.75, 3.05) is 7.11 Å². The molecule has 1 aromatic carbocycles. The van der Waals surface area contributed by atoms with Gasteiger partial charge in [0.1, 0.15) is 12.8 Å². The second kappa shape index (κ2) is 10.8. The van der Waals surface area contributed by atoms with Gasteiger partial charge in [-0.1, -0.05) is 43.0 Å². The summed E-state index contributed by atoms with van der Waals surface area (Å²) in [6.45, 7) is 0. The molecule has 4 aliphatic rings. The fraction of sp³-hybridized carbons (Fsp3) is 0.667. The molecule has 1 N–H and O–H groups in total. The Morgan fingerprint density at radius 1 is 0.947 bits per heavy atom. The summed E-state index contributed by atoms with van der Waals surface area (Å²) in [5.74, 6) is 0.871. The third-order valence-electron chi connectivity index (χ3n) is 9.74. The lowest BCUT2D eigenvalue weighted by atomic mass is 9.68. The fourth-order valence-electron chi connectivity index (χ4n) is 8.38. The summed E-state index contributed by atoms with van der Waals surface area (Å²) < 4.78 is 1.96. The molecule has 8 heteroatoms. The molecule has 3 heterocycles. The van der Waals surface area contributed by atoms with Crippen LogP contribution in [-0.4, -0.2) is 56.5 Å². The Labute approximate surface area is 224 Å². The van der Waals surface area contributed by atoms with Crippen molar-refractivity contribution < 1.29 is 14.7 Å². The maximum absolute atomic E-state index is 14.1. The Kier molecular flexibility index (Phi) is 7.25. The molecule has 2 aliphatic carbocycles. The Hall–Kier alpha value is -2.74. The molecule has 1 aromatic heterocycles. The number of hydrogen-bond acceptors (Lipinski definition) is 6. The van der Waals surface area contributed by atoms with Crippen LogP contribution in [0.3, 0.4) is 0 Å². The number of oxime groups is 1. The fourth-order valence-corrected chi connectivity index (χ4v) is 8.38. The van der Waals surface area contributed by atoms with Gasteiger partial charge < -0.3 is 14.5 Å². The van der Waals surface area contributed by atoms with E-state index in [4.69, 9.17) is 4.84 Å². The van der Waals surface area contributed by atoms with Crippen molar-refractivity contribution in [2.45, 2.75) is 108 Å². The van der Waals surface area contributed by atoms with E-state index in [1.54, 1.807) is 0 Å². The molecule has 4 atom stereocenters. The number of carboxylic acids is 1. The van der Waals surface area contributed by atoms with E-state index in [-0.39, 0.29) is 30.1 Å². The van der Waals surface area contributed by atoms with Crippen molar-refractivity contribution in [3.63, 3.8) is 0 Å². The number of piperidine rings is 2. The maximum Gasteiger partial charge on any atom is 0.303 e. The molecule has 2 saturated carbocycles. The summed E-state index contributed by atoms with van der Waals surface area (Å²) in [7, 11) is 1.41. The van der Waals surface area contributed by atoms with Gasteiger partial charge in [-0.25, -0.2) is 4.98 Å². The van der Waals surface area contributed by atoms with Gasteiger partial charge in [0.25, 0.3) is 5.56 Å². The van der Waals surface area contributed by atoms with Gasteiger partial charge in [0.05, 0.1) is 17.5 Å². The van der Waals surface area contributed by atoms with Crippen molar-refractivity contribution in [2.24, 2.45) is 17.0 Å². The SMILES string of the molecule is CON=C(CCC(=O)O)c1nc2ccccc2n(C2CC3CCCC(C2)N3C2CC3CCCC(C3)C2)c1=O. The first kappa shape index (κ1) is 25.5. The number of hydrogen-bond donors (Lipinski definition) is 1. The number of nitrogens with zero attached hydrogens (tertiary/aromatic N) is 4. The monoisotopic (exact) mass is 520 g/mol. The van der Waals surface area contributed by atoms with Crippen LogP contribution in [0.15, 0.2) is 34.2 Å². The van der Waals surface area contributed by atoms with Gasteiger partial charge in [0, 0.05) is 30.6 Å². The van der Waals surface area contributed by atoms with E-state index >= 15 is 0 Å². The highest BCUT2D eigenvalue weighted by atomic mass is 16.6. The molecule has 204 valence electrons. The van der Waals surface area contributed by atoms with E-state index in [2.05, 4.69) is 15.0 Å². The van der Waals surface area contributed by atoms with Gasteiger partial charge in [0.15, 0.2) is 5.69 Å². The Morgan fingerprint density at radius 2 is 1.63 bits per heavy atom. The van der Waals surface area contributed by atoms with Crippen LogP contribution in [0.1, 0.15) is 95.2 Å². The molecule has 4 fully saturated rings. The van der Waals surface area contributed by atoms with Crippen molar-refractivity contribution >= 4 is 22.7 Å². The second-order valence-electron chi connectivity index (χ2n) is 12.1. The standard InChI is InChI=1S/C30H40N4O4/c1-38-32-26(12-13-28(35)36)29-30(37)34(27-11-3-2-10-25(27)31-29)24-17-21-8-5-9-22(18-24)33(21)23-15-19-6-4-7-20(14-19)16-23/h2-3,10-11,19-24H,4-9,12-18H2,1H3,(H,35,36). The summed E-state index contributed by atoms with van der Waals surface area (Å²) in [5.41, 5.74) is 1.90. The number of para-hydroxylation sites is 2. The summed E-state index contributed by atoms with van der Waals surface area (Å²) in [4.78, 5) is 38.0. The van der Waals surface area contributed by atoms with Gasteiger partial charge in [0.2, 0.25) is 0 Å². The largest absolute Gasteiger partial charge is 0.481 e. The highest BCUT2D eigenvalue weighted by Gasteiger charge is 2.45.